The molecular weight excluding hydrogens is 212 g/mol. The highest BCUT2D eigenvalue weighted by Crippen LogP contribution is 2.09. The van der Waals surface area contributed by atoms with Gasteiger partial charge in [0.15, 0.2) is 0 Å². The van der Waals surface area contributed by atoms with Gasteiger partial charge in [-0.05, 0) is 24.3 Å². The molecule has 0 saturated heterocycles. The maximum atomic E-state index is 11.2. The Bertz CT molecular complexity index is 375. The molecule has 0 aliphatic carbocycles. The number of carboxylic acid groups (broad SMARTS) is 1. The molecule has 16 heavy (non-hydrogen) atoms. The number of carbonyl (C=O) groups excluding carboxylic acids is 1. The molecule has 0 radical (unpaired) electrons. The number of hydrogen-bond donors (Lipinski definition) is 3. The van der Waals surface area contributed by atoms with Crippen molar-refractivity contribution in [1.82, 2.24) is 5.32 Å². The summed E-state index contributed by atoms with van der Waals surface area (Å²) < 4.78 is 4.65. The molecule has 0 fully saturated rings. The van der Waals surface area contributed by atoms with E-state index in [1.54, 1.807) is 0 Å². The van der Waals surface area contributed by atoms with E-state index >= 15 is 0 Å². The highest BCUT2D eigenvalue weighted by molar-refractivity contribution is 5.91. The maximum Gasteiger partial charge on any atom is 0.335 e. The van der Waals surface area contributed by atoms with Crippen molar-refractivity contribution in [2.24, 2.45) is 0 Å². The predicted octanol–water partition coefficient (Wildman–Crippen LogP) is 1.11. The molecule has 0 atom stereocenters. The molecule has 0 aliphatic heterocycles. The standard InChI is InChI=1S/C10H12N2O4/c1-16-6-11-10(15)12-8-4-2-7(3-5-8)9(13)14/h2-5H,6H2,1H3,(H,13,14)(H2,11,12,15). The Balaban J connectivity index is 2.55. The first-order valence-electron chi connectivity index (χ1n) is 4.50. The third-order valence-electron chi connectivity index (χ3n) is 1.77. The number of amides is 2. The number of methoxy groups -OCH3 is 1. The van der Waals surface area contributed by atoms with Crippen molar-refractivity contribution in [2.75, 3.05) is 19.2 Å². The fraction of sp³-hybridized carbons (Fsp3) is 0.200. The summed E-state index contributed by atoms with van der Waals surface area (Å²) >= 11 is 0. The van der Waals surface area contributed by atoms with Crippen LogP contribution in [-0.2, 0) is 4.74 Å². The summed E-state index contributed by atoms with van der Waals surface area (Å²) in [5.74, 6) is -1.00. The van der Waals surface area contributed by atoms with Crippen LogP contribution in [0.3, 0.4) is 0 Å². The minimum Gasteiger partial charge on any atom is -0.478 e. The Hall–Kier alpha value is -2.08. The van der Waals surface area contributed by atoms with Crippen molar-refractivity contribution in [3.63, 3.8) is 0 Å². The minimum absolute atomic E-state index is 0.110. The third kappa shape index (κ3) is 3.58. The van der Waals surface area contributed by atoms with Crippen molar-refractivity contribution in [3.05, 3.63) is 29.8 Å². The quantitative estimate of drug-likeness (QED) is 0.668. The molecule has 0 aromatic heterocycles. The molecule has 86 valence electrons. The van der Waals surface area contributed by atoms with E-state index in [-0.39, 0.29) is 12.3 Å². The minimum atomic E-state index is -1.00. The van der Waals surface area contributed by atoms with Crippen molar-refractivity contribution < 1.29 is 19.4 Å². The average Bonchev–Trinajstić information content (AvgIpc) is 2.27. The molecule has 1 rings (SSSR count). The lowest BCUT2D eigenvalue weighted by Crippen LogP contribution is -2.30. The van der Waals surface area contributed by atoms with Gasteiger partial charge in [-0.25, -0.2) is 9.59 Å². The van der Waals surface area contributed by atoms with Gasteiger partial charge in [0, 0.05) is 12.8 Å². The zero-order chi connectivity index (χ0) is 12.0. The number of carbonyl (C=O) groups is 2. The van der Waals surface area contributed by atoms with E-state index in [0.717, 1.165) is 0 Å². The predicted molar refractivity (Wildman–Crippen MR) is 57.4 cm³/mol. The van der Waals surface area contributed by atoms with Gasteiger partial charge in [0.2, 0.25) is 0 Å². The molecule has 3 N–H and O–H groups in total. The van der Waals surface area contributed by atoms with Crippen LogP contribution in [0, 0.1) is 0 Å². The highest BCUT2D eigenvalue weighted by Gasteiger charge is 2.03. The second-order valence-corrected chi connectivity index (χ2v) is 2.95. The number of carboxylic acids is 1. The molecule has 1 aromatic carbocycles. The highest BCUT2D eigenvalue weighted by atomic mass is 16.5. The molecule has 0 spiro atoms. The number of ether oxygens (including phenoxy) is 1. The number of rotatable bonds is 4. The van der Waals surface area contributed by atoms with Crippen molar-refractivity contribution in [2.45, 2.75) is 0 Å². The van der Waals surface area contributed by atoms with Gasteiger partial charge < -0.3 is 20.5 Å². The summed E-state index contributed by atoms with van der Waals surface area (Å²) in [7, 11) is 1.46. The van der Waals surface area contributed by atoms with E-state index < -0.39 is 12.0 Å². The molecule has 0 unspecified atom stereocenters. The topological polar surface area (TPSA) is 87.7 Å². The van der Waals surface area contributed by atoms with Crippen molar-refractivity contribution in [1.29, 1.82) is 0 Å². The van der Waals surface area contributed by atoms with Crippen LogP contribution in [0.15, 0.2) is 24.3 Å². The van der Waals surface area contributed by atoms with Crippen molar-refractivity contribution >= 4 is 17.7 Å². The number of anilines is 1. The maximum absolute atomic E-state index is 11.2. The van der Waals surface area contributed by atoms with E-state index in [4.69, 9.17) is 5.11 Å². The van der Waals surface area contributed by atoms with Gasteiger partial charge >= 0.3 is 12.0 Å². The molecule has 0 bridgehead atoms. The molecule has 0 saturated carbocycles. The Morgan fingerprint density at radius 3 is 2.44 bits per heavy atom. The monoisotopic (exact) mass is 224 g/mol. The SMILES string of the molecule is COCNC(=O)Nc1ccc(C(=O)O)cc1. The largest absolute Gasteiger partial charge is 0.478 e. The number of benzene rings is 1. The number of nitrogens with one attached hydrogen (secondary N) is 2. The zero-order valence-corrected chi connectivity index (χ0v) is 8.69. The van der Waals surface area contributed by atoms with Crippen LogP contribution in [0.2, 0.25) is 0 Å². The lowest BCUT2D eigenvalue weighted by atomic mass is 10.2. The summed E-state index contributed by atoms with van der Waals surface area (Å²) in [6.07, 6.45) is 0. The Morgan fingerprint density at radius 1 is 1.31 bits per heavy atom. The fourth-order valence-corrected chi connectivity index (χ4v) is 1.01. The van der Waals surface area contributed by atoms with Crippen LogP contribution >= 0.6 is 0 Å². The van der Waals surface area contributed by atoms with Gasteiger partial charge in [-0.2, -0.15) is 0 Å². The van der Waals surface area contributed by atoms with Gasteiger partial charge in [0.25, 0.3) is 0 Å². The lowest BCUT2D eigenvalue weighted by molar-refractivity contribution is 0.0697. The average molecular weight is 224 g/mol. The molecule has 0 aliphatic rings. The Labute approximate surface area is 92.2 Å². The molecule has 0 heterocycles. The first-order valence-corrected chi connectivity index (χ1v) is 4.50. The zero-order valence-electron chi connectivity index (χ0n) is 8.69. The normalized spacial score (nSPS) is 9.56. The van der Waals surface area contributed by atoms with E-state index in [2.05, 4.69) is 15.4 Å². The van der Waals surface area contributed by atoms with Gasteiger partial charge in [-0.3, -0.25) is 0 Å². The van der Waals surface area contributed by atoms with Crippen molar-refractivity contribution in [3.8, 4) is 0 Å². The lowest BCUT2D eigenvalue weighted by Gasteiger charge is -2.06. The van der Waals surface area contributed by atoms with E-state index in [0.29, 0.717) is 5.69 Å². The first-order chi connectivity index (χ1) is 7.63. The first kappa shape index (κ1) is 12.0. The van der Waals surface area contributed by atoms with Crippen LogP contribution in [0.25, 0.3) is 0 Å². The van der Waals surface area contributed by atoms with Crippen LogP contribution in [0.4, 0.5) is 10.5 Å². The van der Waals surface area contributed by atoms with Gasteiger partial charge in [-0.15, -0.1) is 0 Å². The van der Waals surface area contributed by atoms with Gasteiger partial charge in [-0.1, -0.05) is 0 Å². The summed E-state index contributed by atoms with van der Waals surface area (Å²) in [6.45, 7) is 0.110. The molecule has 6 nitrogen and oxygen atoms in total. The summed E-state index contributed by atoms with van der Waals surface area (Å²) in [5.41, 5.74) is 0.682. The van der Waals surface area contributed by atoms with E-state index in [1.165, 1.54) is 31.4 Å². The third-order valence-corrected chi connectivity index (χ3v) is 1.77. The molecular formula is C10H12N2O4. The van der Waals surface area contributed by atoms with Crippen LogP contribution in [-0.4, -0.2) is 30.9 Å². The fourth-order valence-electron chi connectivity index (χ4n) is 1.01. The second kappa shape index (κ2) is 5.72. The Morgan fingerprint density at radius 2 is 1.94 bits per heavy atom. The summed E-state index contributed by atoms with van der Waals surface area (Å²) in [6, 6.07) is 5.43. The number of aromatic carboxylic acids is 1. The smallest absolute Gasteiger partial charge is 0.335 e. The summed E-state index contributed by atoms with van der Waals surface area (Å²) in [5, 5.41) is 13.6. The molecule has 2 amide bonds. The molecule has 6 heteroatoms. The van der Waals surface area contributed by atoms with Gasteiger partial charge in [0.1, 0.15) is 6.73 Å². The molecule has 1 aromatic rings. The van der Waals surface area contributed by atoms with Gasteiger partial charge in [0.05, 0.1) is 5.56 Å². The number of hydrogen-bond acceptors (Lipinski definition) is 3. The second-order valence-electron chi connectivity index (χ2n) is 2.95. The number of urea groups is 1. The van der Waals surface area contributed by atoms with Crippen LogP contribution in [0.5, 0.6) is 0 Å². The summed E-state index contributed by atoms with van der Waals surface area (Å²) in [4.78, 5) is 21.7. The van der Waals surface area contributed by atoms with Crippen LogP contribution in [0.1, 0.15) is 10.4 Å². The van der Waals surface area contributed by atoms with E-state index in [1.807, 2.05) is 0 Å². The Kier molecular flexibility index (Phi) is 4.28. The van der Waals surface area contributed by atoms with E-state index in [9.17, 15) is 9.59 Å². The van der Waals surface area contributed by atoms with Crippen LogP contribution < -0.4 is 10.6 Å².